The summed E-state index contributed by atoms with van der Waals surface area (Å²) >= 11 is 13.0. The molecule has 0 fully saturated rings. The number of ether oxygens (including phenoxy) is 4. The van der Waals surface area contributed by atoms with E-state index in [-0.39, 0.29) is 24.2 Å². The van der Waals surface area contributed by atoms with Gasteiger partial charge in [-0.15, -0.1) is 0 Å². The first kappa shape index (κ1) is 25.9. The number of methoxy groups -OCH3 is 2. The first-order valence-corrected chi connectivity index (χ1v) is 11.8. The van der Waals surface area contributed by atoms with Gasteiger partial charge in [-0.2, -0.15) is 0 Å². The largest absolute Gasteiger partial charge is 0.514 e. The van der Waals surface area contributed by atoms with E-state index in [4.69, 9.17) is 42.1 Å². The summed E-state index contributed by atoms with van der Waals surface area (Å²) < 4.78 is 21.6. The Bertz CT molecular complexity index is 1090. The molecule has 2 aromatic carbocycles. The van der Waals surface area contributed by atoms with Crippen LogP contribution in [0.5, 0.6) is 11.5 Å². The van der Waals surface area contributed by atoms with Gasteiger partial charge in [0.25, 0.3) is 0 Å². The zero-order valence-electron chi connectivity index (χ0n) is 19.5. The van der Waals surface area contributed by atoms with E-state index in [1.54, 1.807) is 19.2 Å². The first-order chi connectivity index (χ1) is 16.5. The van der Waals surface area contributed by atoms with Gasteiger partial charge in [0, 0.05) is 12.1 Å². The normalized spacial score (nSPS) is 15.9. The average Bonchev–Trinajstić information content (AvgIpc) is 2.84. The molecule has 0 amide bonds. The van der Waals surface area contributed by atoms with E-state index in [9.17, 15) is 4.79 Å². The van der Waals surface area contributed by atoms with Crippen LogP contribution in [0.3, 0.4) is 0 Å². The van der Waals surface area contributed by atoms with Crippen molar-refractivity contribution in [3.8, 4) is 11.5 Å². The second-order valence-corrected chi connectivity index (χ2v) is 8.51. The van der Waals surface area contributed by atoms with Crippen LogP contribution in [0.25, 0.3) is 5.57 Å². The van der Waals surface area contributed by atoms with E-state index in [2.05, 4.69) is 19.1 Å². The molecule has 2 aromatic rings. The smallest absolute Gasteiger partial charge is 0.491 e. The summed E-state index contributed by atoms with van der Waals surface area (Å²) in [6, 6.07) is 12.9. The van der Waals surface area contributed by atoms with Crippen molar-refractivity contribution >= 4 is 34.9 Å². The number of rotatable bonds is 9. The average molecular weight is 503 g/mol. The van der Waals surface area contributed by atoms with E-state index in [1.807, 2.05) is 36.4 Å². The number of carbonyl (C=O) groups excluding carboxylic acids is 1. The summed E-state index contributed by atoms with van der Waals surface area (Å²) in [5, 5.41) is 0.942. The molecule has 0 aliphatic heterocycles. The van der Waals surface area contributed by atoms with Crippen LogP contribution in [0.1, 0.15) is 37.3 Å². The van der Waals surface area contributed by atoms with Gasteiger partial charge in [0.15, 0.2) is 11.5 Å². The number of allylic oxidation sites excluding steroid dienone is 4. The number of hydrogen-bond acceptors (Lipinski definition) is 5. The zero-order chi connectivity index (χ0) is 24.5. The third-order valence-electron chi connectivity index (χ3n) is 5.30. The van der Waals surface area contributed by atoms with Gasteiger partial charge >= 0.3 is 6.16 Å². The Labute approximate surface area is 210 Å². The molecule has 5 nitrogen and oxygen atoms in total. The molecule has 7 heteroatoms. The molecule has 3 rings (SSSR count). The maximum atomic E-state index is 12.4. The fourth-order valence-corrected chi connectivity index (χ4v) is 4.15. The lowest BCUT2D eigenvalue weighted by atomic mass is 9.91. The Balaban J connectivity index is 1.89. The van der Waals surface area contributed by atoms with Gasteiger partial charge in [0.1, 0.15) is 6.61 Å². The lowest BCUT2D eigenvalue weighted by Gasteiger charge is -2.21. The highest BCUT2D eigenvalue weighted by molar-refractivity contribution is 6.32. The van der Waals surface area contributed by atoms with Crippen molar-refractivity contribution in [3.63, 3.8) is 0 Å². The van der Waals surface area contributed by atoms with Crippen LogP contribution >= 0.6 is 23.2 Å². The molecule has 34 heavy (non-hydrogen) atoms. The van der Waals surface area contributed by atoms with E-state index in [0.717, 1.165) is 35.1 Å². The minimum absolute atomic E-state index is 0.0912. The topological polar surface area (TPSA) is 54.0 Å². The van der Waals surface area contributed by atoms with Crippen molar-refractivity contribution in [2.45, 2.75) is 38.9 Å². The summed E-state index contributed by atoms with van der Waals surface area (Å²) in [5.74, 6) is 0.425. The second kappa shape index (κ2) is 12.7. The van der Waals surface area contributed by atoms with Crippen molar-refractivity contribution in [2.75, 3.05) is 14.2 Å². The summed E-state index contributed by atoms with van der Waals surface area (Å²) in [7, 11) is 3.10. The highest BCUT2D eigenvalue weighted by Crippen LogP contribution is 2.41. The van der Waals surface area contributed by atoms with E-state index in [1.165, 1.54) is 7.11 Å². The maximum absolute atomic E-state index is 12.4. The molecule has 0 saturated carbocycles. The van der Waals surface area contributed by atoms with Gasteiger partial charge in [-0.1, -0.05) is 79.0 Å². The summed E-state index contributed by atoms with van der Waals surface area (Å²) in [6.07, 6.45) is 7.56. The monoisotopic (exact) mass is 502 g/mol. The molecule has 180 valence electrons. The van der Waals surface area contributed by atoms with E-state index < -0.39 is 6.16 Å². The summed E-state index contributed by atoms with van der Waals surface area (Å²) in [4.78, 5) is 12.4. The van der Waals surface area contributed by atoms with Crippen LogP contribution in [-0.4, -0.2) is 26.5 Å². The van der Waals surface area contributed by atoms with Crippen LogP contribution in [0.15, 0.2) is 71.3 Å². The minimum Gasteiger partial charge on any atom is -0.491 e. The van der Waals surface area contributed by atoms with Crippen LogP contribution in [0.4, 0.5) is 4.79 Å². The van der Waals surface area contributed by atoms with Crippen molar-refractivity contribution in [3.05, 3.63) is 87.4 Å². The highest BCUT2D eigenvalue weighted by atomic mass is 35.5. The zero-order valence-corrected chi connectivity index (χ0v) is 21.0. The first-order valence-electron chi connectivity index (χ1n) is 11.0. The molecular weight excluding hydrogens is 475 g/mol. The van der Waals surface area contributed by atoms with Crippen molar-refractivity contribution in [1.29, 1.82) is 0 Å². The van der Waals surface area contributed by atoms with Gasteiger partial charge in [-0.25, -0.2) is 4.79 Å². The minimum atomic E-state index is -0.850. The molecule has 0 N–H and O–H groups in total. The molecule has 0 spiro atoms. The molecular formula is C27H28Cl2O5. The Morgan fingerprint density at radius 1 is 1.15 bits per heavy atom. The van der Waals surface area contributed by atoms with Crippen molar-refractivity contribution in [1.82, 2.24) is 0 Å². The van der Waals surface area contributed by atoms with Crippen molar-refractivity contribution in [2.24, 2.45) is 0 Å². The Kier molecular flexibility index (Phi) is 9.63. The van der Waals surface area contributed by atoms with Crippen LogP contribution in [0, 0.1) is 0 Å². The molecule has 0 bridgehead atoms. The van der Waals surface area contributed by atoms with Gasteiger partial charge in [-0.05, 0) is 53.3 Å². The SMILES string of the molecule is CCC/C=C(\C1=CCC(OC)C(Cl)=C1)c1cc(Cl)c(OC)c(OC(=O)OCc2ccccc2)c1. The van der Waals surface area contributed by atoms with Crippen LogP contribution in [-0.2, 0) is 16.1 Å². The molecule has 0 heterocycles. The highest BCUT2D eigenvalue weighted by Gasteiger charge is 2.21. The Morgan fingerprint density at radius 3 is 2.56 bits per heavy atom. The lowest BCUT2D eigenvalue weighted by Crippen LogP contribution is -2.13. The number of carbonyl (C=O) groups is 1. The standard InChI is InChI=1S/C27H28Cl2O5/c1-4-5-11-21(19-12-13-24(31-2)22(28)14-19)20-15-23(29)26(32-3)25(16-20)34-27(30)33-17-18-9-7-6-8-10-18/h6-12,14-16,24H,4-5,13,17H2,1-3H3/b21-11+. The molecule has 1 atom stereocenters. The molecule has 1 unspecified atom stereocenters. The molecule has 0 saturated heterocycles. The van der Waals surface area contributed by atoms with Crippen LogP contribution < -0.4 is 9.47 Å². The second-order valence-electron chi connectivity index (χ2n) is 7.67. The van der Waals surface area contributed by atoms with E-state index >= 15 is 0 Å². The predicted octanol–water partition coefficient (Wildman–Crippen LogP) is 7.72. The van der Waals surface area contributed by atoms with Crippen LogP contribution in [0.2, 0.25) is 5.02 Å². The molecule has 0 radical (unpaired) electrons. The van der Waals surface area contributed by atoms with Gasteiger partial charge in [-0.3, -0.25) is 0 Å². The number of benzene rings is 2. The Morgan fingerprint density at radius 2 is 1.91 bits per heavy atom. The van der Waals surface area contributed by atoms with Crippen molar-refractivity contribution < 1.29 is 23.7 Å². The number of unbranched alkanes of at least 4 members (excludes halogenated alkanes) is 1. The maximum Gasteiger partial charge on any atom is 0.514 e. The third-order valence-corrected chi connectivity index (χ3v) is 5.94. The van der Waals surface area contributed by atoms with Gasteiger partial charge in [0.05, 0.1) is 18.2 Å². The predicted molar refractivity (Wildman–Crippen MR) is 136 cm³/mol. The van der Waals surface area contributed by atoms with Gasteiger partial charge < -0.3 is 18.9 Å². The fourth-order valence-electron chi connectivity index (χ4n) is 3.57. The number of hydrogen-bond donors (Lipinski definition) is 0. The van der Waals surface area contributed by atoms with E-state index in [0.29, 0.717) is 16.5 Å². The quantitative estimate of drug-likeness (QED) is 0.259. The lowest BCUT2D eigenvalue weighted by molar-refractivity contribution is 0.0917. The fraction of sp³-hybridized carbons (Fsp3) is 0.296. The molecule has 1 aliphatic carbocycles. The molecule has 0 aromatic heterocycles. The third kappa shape index (κ3) is 6.66. The Hall–Kier alpha value is -2.73. The van der Waals surface area contributed by atoms with Gasteiger partial charge in [0.2, 0.25) is 0 Å². The summed E-state index contributed by atoms with van der Waals surface area (Å²) in [6.45, 7) is 2.19. The molecule has 1 aliphatic rings. The summed E-state index contributed by atoms with van der Waals surface area (Å²) in [5.41, 5.74) is 3.50. The number of halogens is 2.